The molecule has 4 fully saturated rings. The average molecular weight is 363 g/mol. The second-order valence-electron chi connectivity index (χ2n) is 10.6. The molecular formula is C24H46N2+2. The maximum atomic E-state index is 1.97. The molecule has 2 saturated heterocycles. The molecule has 0 aromatic heterocycles. The van der Waals surface area contributed by atoms with Crippen LogP contribution in [0.2, 0.25) is 0 Å². The summed E-state index contributed by atoms with van der Waals surface area (Å²) in [6, 6.07) is 0. The Morgan fingerprint density at radius 1 is 0.423 bits per heavy atom. The molecule has 0 spiro atoms. The number of hydrogen-bond acceptors (Lipinski definition) is 0. The van der Waals surface area contributed by atoms with E-state index in [-0.39, 0.29) is 0 Å². The molecule has 4 rings (SSSR count). The maximum Gasteiger partial charge on any atom is 0.0799 e. The molecule has 2 saturated carbocycles. The minimum atomic E-state index is 1.07. The molecule has 2 aliphatic carbocycles. The summed E-state index contributed by atoms with van der Waals surface area (Å²) in [6.45, 7) is 9.01. The van der Waals surface area contributed by atoms with Crippen LogP contribution in [0.5, 0.6) is 0 Å². The fourth-order valence-electron chi connectivity index (χ4n) is 7.05. The van der Waals surface area contributed by atoms with Crippen LogP contribution < -0.4 is 9.80 Å². The number of likely N-dealkylation sites (tertiary alicyclic amines) is 2. The summed E-state index contributed by atoms with van der Waals surface area (Å²) in [5.41, 5.74) is 0. The van der Waals surface area contributed by atoms with E-state index in [0.29, 0.717) is 0 Å². The predicted molar refractivity (Wildman–Crippen MR) is 110 cm³/mol. The van der Waals surface area contributed by atoms with E-state index < -0.39 is 0 Å². The Bertz CT molecular complexity index is 343. The first-order valence-electron chi connectivity index (χ1n) is 12.5. The maximum absolute atomic E-state index is 1.97. The molecule has 0 aromatic rings. The minimum Gasteiger partial charge on any atom is -0.335 e. The molecule has 2 heteroatoms. The zero-order valence-corrected chi connectivity index (χ0v) is 17.5. The highest BCUT2D eigenvalue weighted by atomic mass is 15.1. The van der Waals surface area contributed by atoms with Crippen molar-refractivity contribution in [3.63, 3.8) is 0 Å². The van der Waals surface area contributed by atoms with Crippen LogP contribution in [0.4, 0.5) is 0 Å². The van der Waals surface area contributed by atoms with E-state index >= 15 is 0 Å². The Hall–Kier alpha value is -0.0800. The van der Waals surface area contributed by atoms with Crippen LogP contribution in [0.25, 0.3) is 0 Å². The SMILES string of the molecule is C1CCC(C[NH+]2CCC(C3CC[NH+](CC4CCCCC4)CC3)CC2)CC1. The summed E-state index contributed by atoms with van der Waals surface area (Å²) in [4.78, 5) is 3.93. The van der Waals surface area contributed by atoms with Gasteiger partial charge in [0.15, 0.2) is 0 Å². The molecule has 26 heavy (non-hydrogen) atoms. The van der Waals surface area contributed by atoms with Gasteiger partial charge in [-0.3, -0.25) is 0 Å². The van der Waals surface area contributed by atoms with Crippen LogP contribution in [0.1, 0.15) is 89.9 Å². The number of hydrogen-bond donors (Lipinski definition) is 2. The second kappa shape index (κ2) is 9.92. The van der Waals surface area contributed by atoms with Gasteiger partial charge < -0.3 is 9.80 Å². The third-order valence-electron chi connectivity index (χ3n) is 8.75. The summed E-state index contributed by atoms with van der Waals surface area (Å²) >= 11 is 0. The third kappa shape index (κ3) is 5.47. The van der Waals surface area contributed by atoms with Gasteiger partial charge in [-0.2, -0.15) is 0 Å². The summed E-state index contributed by atoms with van der Waals surface area (Å²) < 4.78 is 0. The van der Waals surface area contributed by atoms with E-state index in [0.717, 1.165) is 23.7 Å². The highest BCUT2D eigenvalue weighted by molar-refractivity contribution is 4.75. The Morgan fingerprint density at radius 2 is 0.769 bits per heavy atom. The van der Waals surface area contributed by atoms with Crippen molar-refractivity contribution in [1.82, 2.24) is 0 Å². The van der Waals surface area contributed by atoms with E-state index in [1.54, 1.807) is 25.7 Å². The molecule has 4 aliphatic rings. The van der Waals surface area contributed by atoms with Gasteiger partial charge in [-0.25, -0.2) is 0 Å². The van der Waals surface area contributed by atoms with Crippen molar-refractivity contribution in [2.24, 2.45) is 23.7 Å². The second-order valence-corrected chi connectivity index (χ2v) is 10.6. The number of piperidine rings is 2. The van der Waals surface area contributed by atoms with Crippen molar-refractivity contribution < 1.29 is 9.80 Å². The van der Waals surface area contributed by atoms with Gasteiger partial charge in [0.05, 0.1) is 39.3 Å². The van der Waals surface area contributed by atoms with Gasteiger partial charge >= 0.3 is 0 Å². The summed E-state index contributed by atoms with van der Waals surface area (Å²) in [5.74, 6) is 4.31. The lowest BCUT2D eigenvalue weighted by Crippen LogP contribution is -3.14. The number of nitrogens with one attached hydrogen (secondary N) is 2. The van der Waals surface area contributed by atoms with Crippen LogP contribution in [0.15, 0.2) is 0 Å². The Morgan fingerprint density at radius 3 is 1.12 bits per heavy atom. The standard InChI is InChI=1S/C24H44N2/c1-3-7-21(8-4-1)19-25-15-11-23(12-16-25)24-13-17-26(18-14-24)20-22-9-5-2-6-10-22/h21-24H,1-20H2/p+2. The summed E-state index contributed by atoms with van der Waals surface area (Å²) in [7, 11) is 0. The molecule has 0 bridgehead atoms. The molecule has 2 N–H and O–H groups in total. The quantitative estimate of drug-likeness (QED) is 0.744. The minimum absolute atomic E-state index is 1.07. The van der Waals surface area contributed by atoms with Crippen LogP contribution in [0, 0.1) is 23.7 Å². The first-order valence-corrected chi connectivity index (χ1v) is 12.5. The van der Waals surface area contributed by atoms with Crippen LogP contribution in [0.3, 0.4) is 0 Å². The molecule has 0 amide bonds. The number of rotatable bonds is 5. The fourth-order valence-corrected chi connectivity index (χ4v) is 7.05. The largest absolute Gasteiger partial charge is 0.335 e. The smallest absolute Gasteiger partial charge is 0.0799 e. The Labute approximate surface area is 163 Å². The van der Waals surface area contributed by atoms with Gasteiger partial charge in [-0.15, -0.1) is 0 Å². The molecule has 2 heterocycles. The topological polar surface area (TPSA) is 8.88 Å². The van der Waals surface area contributed by atoms with Gasteiger partial charge in [-0.1, -0.05) is 38.5 Å². The van der Waals surface area contributed by atoms with Crippen molar-refractivity contribution >= 4 is 0 Å². The number of quaternary nitrogens is 2. The Balaban J connectivity index is 1.13. The summed E-state index contributed by atoms with van der Waals surface area (Å²) in [5, 5.41) is 0. The first-order chi connectivity index (χ1) is 12.9. The normalized spacial score (nSPS) is 38.3. The van der Waals surface area contributed by atoms with Gasteiger partial charge in [-0.05, 0) is 63.2 Å². The lowest BCUT2D eigenvalue weighted by Gasteiger charge is -2.39. The molecule has 0 radical (unpaired) electrons. The van der Waals surface area contributed by atoms with Crippen LogP contribution in [-0.4, -0.2) is 39.3 Å². The molecule has 150 valence electrons. The van der Waals surface area contributed by atoms with E-state index in [1.807, 2.05) is 9.80 Å². The van der Waals surface area contributed by atoms with Crippen molar-refractivity contribution in [2.45, 2.75) is 89.9 Å². The molecule has 0 atom stereocenters. The lowest BCUT2D eigenvalue weighted by atomic mass is 9.78. The monoisotopic (exact) mass is 362 g/mol. The van der Waals surface area contributed by atoms with Crippen molar-refractivity contribution in [2.75, 3.05) is 39.3 Å². The lowest BCUT2D eigenvalue weighted by molar-refractivity contribution is -0.913. The molecule has 2 aliphatic heterocycles. The zero-order chi connectivity index (χ0) is 17.6. The molecule has 0 aromatic carbocycles. The van der Waals surface area contributed by atoms with E-state index in [1.165, 1.54) is 103 Å². The zero-order valence-electron chi connectivity index (χ0n) is 17.5. The van der Waals surface area contributed by atoms with E-state index in [9.17, 15) is 0 Å². The van der Waals surface area contributed by atoms with E-state index in [4.69, 9.17) is 0 Å². The average Bonchev–Trinajstić information content (AvgIpc) is 2.71. The van der Waals surface area contributed by atoms with Gasteiger partial charge in [0.2, 0.25) is 0 Å². The predicted octanol–water partition coefficient (Wildman–Crippen LogP) is 2.74. The van der Waals surface area contributed by atoms with Crippen molar-refractivity contribution in [1.29, 1.82) is 0 Å². The van der Waals surface area contributed by atoms with Gasteiger partial charge in [0, 0.05) is 11.8 Å². The van der Waals surface area contributed by atoms with Crippen LogP contribution >= 0.6 is 0 Å². The molecular weight excluding hydrogens is 316 g/mol. The Kier molecular flexibility index (Phi) is 7.34. The van der Waals surface area contributed by atoms with E-state index in [2.05, 4.69) is 0 Å². The molecule has 2 nitrogen and oxygen atoms in total. The highest BCUT2D eigenvalue weighted by Gasteiger charge is 2.34. The van der Waals surface area contributed by atoms with Crippen molar-refractivity contribution in [3.05, 3.63) is 0 Å². The summed E-state index contributed by atoms with van der Waals surface area (Å²) in [6.07, 6.45) is 21.4. The van der Waals surface area contributed by atoms with Gasteiger partial charge in [0.25, 0.3) is 0 Å². The third-order valence-corrected chi connectivity index (χ3v) is 8.75. The van der Waals surface area contributed by atoms with Crippen molar-refractivity contribution in [3.8, 4) is 0 Å². The highest BCUT2D eigenvalue weighted by Crippen LogP contribution is 2.28. The first kappa shape index (κ1) is 19.2. The molecule has 0 unspecified atom stereocenters. The van der Waals surface area contributed by atoms with Crippen LogP contribution in [-0.2, 0) is 0 Å². The van der Waals surface area contributed by atoms with Gasteiger partial charge in [0.1, 0.15) is 0 Å². The fraction of sp³-hybridized carbons (Fsp3) is 1.00.